The Balaban J connectivity index is 1.38. The van der Waals surface area contributed by atoms with Gasteiger partial charge in [-0.3, -0.25) is 10.1 Å². The minimum Gasteiger partial charge on any atom is -0.319 e. The Labute approximate surface area is 167 Å². The van der Waals surface area contributed by atoms with Crippen molar-refractivity contribution in [3.63, 3.8) is 0 Å². The van der Waals surface area contributed by atoms with E-state index in [0.717, 1.165) is 5.52 Å². The maximum Gasteiger partial charge on any atom is 0.325 e. The molecule has 0 saturated heterocycles. The molecule has 0 aliphatic rings. The van der Waals surface area contributed by atoms with Gasteiger partial charge in [-0.1, -0.05) is 53.4 Å². The molecule has 0 atom stereocenters. The summed E-state index contributed by atoms with van der Waals surface area (Å²) in [5, 5.41) is 13.7. The van der Waals surface area contributed by atoms with Crippen LogP contribution in [-0.2, 0) is 5.75 Å². The van der Waals surface area contributed by atoms with Crippen molar-refractivity contribution in [3.05, 3.63) is 70.6 Å². The number of aromatic amines is 1. The number of aromatic nitrogens is 4. The molecular weight excluding hydrogens is 396 g/mol. The van der Waals surface area contributed by atoms with Gasteiger partial charge in [0.25, 0.3) is 5.56 Å². The van der Waals surface area contributed by atoms with E-state index in [0.29, 0.717) is 32.1 Å². The van der Waals surface area contributed by atoms with Crippen molar-refractivity contribution in [2.24, 2.45) is 0 Å². The number of hydrogen-bond donors (Lipinski definition) is 3. The first-order valence-electron chi connectivity index (χ1n) is 8.25. The number of amides is 2. The number of nitrogens with zero attached hydrogens (tertiary/aromatic N) is 3. The number of carbonyl (C=O) groups excluding carboxylic acids is 1. The molecule has 8 nitrogen and oxygen atoms in total. The third-order valence-electron chi connectivity index (χ3n) is 3.66. The van der Waals surface area contributed by atoms with E-state index in [1.165, 1.54) is 23.1 Å². The number of rotatable bonds is 5. The van der Waals surface area contributed by atoms with Gasteiger partial charge in [0.1, 0.15) is 5.69 Å². The maximum atomic E-state index is 12.1. The number of nitrogens with one attached hydrogen (secondary N) is 3. The van der Waals surface area contributed by atoms with Crippen molar-refractivity contribution in [2.45, 2.75) is 10.1 Å². The molecule has 10 heteroatoms. The van der Waals surface area contributed by atoms with E-state index >= 15 is 0 Å². The Morgan fingerprint density at radius 2 is 1.82 bits per heavy atom. The average Bonchev–Trinajstić information content (AvgIpc) is 3.14. The van der Waals surface area contributed by atoms with Gasteiger partial charge < -0.3 is 10.3 Å². The molecule has 3 N–H and O–H groups in total. The van der Waals surface area contributed by atoms with Gasteiger partial charge in [0.15, 0.2) is 4.34 Å². The molecule has 0 radical (unpaired) electrons. The van der Waals surface area contributed by atoms with Gasteiger partial charge in [-0.25, -0.2) is 9.78 Å². The van der Waals surface area contributed by atoms with E-state index in [1.54, 1.807) is 12.1 Å². The third kappa shape index (κ3) is 4.35. The number of benzene rings is 2. The van der Waals surface area contributed by atoms with Crippen LogP contribution in [0.2, 0.25) is 0 Å². The highest BCUT2D eigenvalue weighted by molar-refractivity contribution is 8.00. The zero-order valence-corrected chi connectivity index (χ0v) is 16.0. The summed E-state index contributed by atoms with van der Waals surface area (Å²) in [6.07, 6.45) is 0. The molecule has 2 aromatic carbocycles. The fourth-order valence-electron chi connectivity index (χ4n) is 2.39. The van der Waals surface area contributed by atoms with Crippen LogP contribution in [0.15, 0.2) is 63.7 Å². The molecule has 4 rings (SSSR count). The number of H-pyrrole nitrogens is 1. The lowest BCUT2D eigenvalue weighted by Gasteiger charge is -2.03. The topological polar surface area (TPSA) is 113 Å². The number of para-hydroxylation sites is 3. The summed E-state index contributed by atoms with van der Waals surface area (Å²) in [6.45, 7) is 0. The van der Waals surface area contributed by atoms with E-state index in [-0.39, 0.29) is 5.56 Å². The molecule has 0 aliphatic carbocycles. The number of thioether (sulfide) groups is 1. The second-order valence-corrected chi connectivity index (χ2v) is 7.84. The van der Waals surface area contributed by atoms with Crippen LogP contribution in [0.4, 0.5) is 15.6 Å². The number of anilines is 2. The van der Waals surface area contributed by atoms with Gasteiger partial charge >= 0.3 is 6.03 Å². The minimum absolute atomic E-state index is 0.226. The van der Waals surface area contributed by atoms with Gasteiger partial charge in [0.2, 0.25) is 5.13 Å². The molecule has 0 aliphatic heterocycles. The second-order valence-electron chi connectivity index (χ2n) is 5.64. The van der Waals surface area contributed by atoms with E-state index in [9.17, 15) is 9.59 Å². The van der Waals surface area contributed by atoms with Crippen molar-refractivity contribution >= 4 is 51.0 Å². The highest BCUT2D eigenvalue weighted by Crippen LogP contribution is 2.27. The lowest BCUT2D eigenvalue weighted by Crippen LogP contribution is -2.19. The number of fused-ring (bicyclic) bond motifs is 1. The van der Waals surface area contributed by atoms with E-state index in [4.69, 9.17) is 0 Å². The van der Waals surface area contributed by atoms with Crippen LogP contribution >= 0.6 is 23.1 Å². The first-order chi connectivity index (χ1) is 13.7. The van der Waals surface area contributed by atoms with Gasteiger partial charge in [0.05, 0.1) is 11.0 Å². The Hall–Kier alpha value is -3.24. The number of urea groups is 1. The predicted molar refractivity (Wildman–Crippen MR) is 111 cm³/mol. The molecule has 4 aromatic rings. The van der Waals surface area contributed by atoms with E-state index < -0.39 is 6.03 Å². The zero-order chi connectivity index (χ0) is 19.3. The van der Waals surface area contributed by atoms with E-state index in [1.807, 2.05) is 42.5 Å². The molecule has 0 bridgehead atoms. The highest BCUT2D eigenvalue weighted by Gasteiger charge is 2.11. The maximum absolute atomic E-state index is 12.1. The van der Waals surface area contributed by atoms with Crippen molar-refractivity contribution in [1.29, 1.82) is 0 Å². The zero-order valence-electron chi connectivity index (χ0n) is 14.4. The summed E-state index contributed by atoms with van der Waals surface area (Å²) in [5.41, 5.74) is 2.30. The normalized spacial score (nSPS) is 10.7. The second kappa shape index (κ2) is 8.19. The summed E-state index contributed by atoms with van der Waals surface area (Å²) in [6, 6.07) is 16.1. The highest BCUT2D eigenvalue weighted by atomic mass is 32.2. The molecule has 0 unspecified atom stereocenters. The SMILES string of the molecule is O=C(Nc1ccccc1)Nc1nnc(SCc2nc3ccccc3[nH]c2=O)s1. The summed E-state index contributed by atoms with van der Waals surface area (Å²) < 4.78 is 0.629. The Kier molecular flexibility index (Phi) is 5.31. The number of hydrogen-bond acceptors (Lipinski definition) is 7. The summed E-state index contributed by atoms with van der Waals surface area (Å²) >= 11 is 2.57. The molecule has 2 amide bonds. The summed E-state index contributed by atoms with van der Waals surface area (Å²) in [7, 11) is 0. The fourth-order valence-corrected chi connectivity index (χ4v) is 4.07. The van der Waals surface area contributed by atoms with Crippen LogP contribution in [0.3, 0.4) is 0 Å². The van der Waals surface area contributed by atoms with Crippen molar-refractivity contribution in [3.8, 4) is 0 Å². The molecule has 140 valence electrons. The standard InChI is InChI=1S/C18H14N6O2S2/c25-15-14(20-12-8-4-5-9-13(12)21-15)10-27-18-24-23-17(28-18)22-16(26)19-11-6-2-1-3-7-11/h1-9H,10H2,(H,21,25)(H2,19,22,23,26). The van der Waals surface area contributed by atoms with Gasteiger partial charge in [-0.2, -0.15) is 0 Å². The molecular formula is C18H14N6O2S2. The average molecular weight is 410 g/mol. The van der Waals surface area contributed by atoms with Gasteiger partial charge in [0, 0.05) is 11.4 Å². The molecule has 28 heavy (non-hydrogen) atoms. The minimum atomic E-state index is -0.397. The van der Waals surface area contributed by atoms with Gasteiger partial charge in [-0.05, 0) is 24.3 Å². The first-order valence-corrected chi connectivity index (χ1v) is 10.0. The van der Waals surface area contributed by atoms with Crippen LogP contribution in [0, 0.1) is 0 Å². The summed E-state index contributed by atoms with van der Waals surface area (Å²) in [5.74, 6) is 0.352. The van der Waals surface area contributed by atoms with Crippen LogP contribution in [-0.4, -0.2) is 26.2 Å². The molecule has 0 fully saturated rings. The number of carbonyl (C=O) groups is 1. The van der Waals surface area contributed by atoms with Crippen molar-refractivity contribution < 1.29 is 4.79 Å². The van der Waals surface area contributed by atoms with Crippen LogP contribution in [0.25, 0.3) is 11.0 Å². The van der Waals surface area contributed by atoms with Gasteiger partial charge in [-0.15, -0.1) is 10.2 Å². The van der Waals surface area contributed by atoms with Crippen molar-refractivity contribution in [1.82, 2.24) is 20.2 Å². The van der Waals surface area contributed by atoms with Crippen LogP contribution in [0.1, 0.15) is 5.69 Å². The smallest absolute Gasteiger partial charge is 0.319 e. The Morgan fingerprint density at radius 3 is 2.68 bits per heavy atom. The Bertz CT molecular complexity index is 1180. The van der Waals surface area contributed by atoms with Crippen LogP contribution < -0.4 is 16.2 Å². The first kappa shape index (κ1) is 18.1. The molecule has 0 saturated carbocycles. The lowest BCUT2D eigenvalue weighted by molar-refractivity contribution is 0.262. The van der Waals surface area contributed by atoms with E-state index in [2.05, 4.69) is 30.8 Å². The summed E-state index contributed by atoms with van der Waals surface area (Å²) in [4.78, 5) is 31.4. The quantitative estimate of drug-likeness (QED) is 0.341. The predicted octanol–water partition coefficient (Wildman–Crippen LogP) is 3.71. The molecule has 0 spiro atoms. The molecule has 2 aromatic heterocycles. The lowest BCUT2D eigenvalue weighted by atomic mass is 10.3. The van der Waals surface area contributed by atoms with Crippen LogP contribution in [0.5, 0.6) is 0 Å². The largest absolute Gasteiger partial charge is 0.325 e. The fraction of sp³-hybridized carbons (Fsp3) is 0.0556. The molecule has 2 heterocycles. The van der Waals surface area contributed by atoms with Crippen molar-refractivity contribution in [2.75, 3.05) is 10.6 Å². The third-order valence-corrected chi connectivity index (χ3v) is 5.64. The Morgan fingerprint density at radius 1 is 1.04 bits per heavy atom. The monoisotopic (exact) mass is 410 g/mol.